The number of hydrogen-bond acceptors (Lipinski definition) is 0. The van der Waals surface area contributed by atoms with E-state index >= 15 is 0 Å². The van der Waals surface area contributed by atoms with Crippen LogP contribution in [0.2, 0.25) is 0 Å². The highest BCUT2D eigenvalue weighted by atomic mass is 14.2. The zero-order valence-corrected chi connectivity index (χ0v) is 10.7. The molecule has 92 valence electrons. The van der Waals surface area contributed by atoms with E-state index < -0.39 is 0 Å². The molecule has 3 aliphatic carbocycles. The summed E-state index contributed by atoms with van der Waals surface area (Å²) in [6.07, 6.45) is 30.1. The molecule has 0 fully saturated rings. The van der Waals surface area contributed by atoms with Crippen LogP contribution in [0.5, 0.6) is 0 Å². The zero-order valence-electron chi connectivity index (χ0n) is 10.7. The summed E-state index contributed by atoms with van der Waals surface area (Å²) in [6, 6.07) is 0. The fraction of sp³-hybridized carbons (Fsp3) is 0.333. The minimum Gasteiger partial charge on any atom is -0.0841 e. The van der Waals surface area contributed by atoms with Crippen molar-refractivity contribution in [1.82, 2.24) is 0 Å². The molecule has 0 heteroatoms. The van der Waals surface area contributed by atoms with Crippen LogP contribution in [-0.4, -0.2) is 0 Å². The van der Waals surface area contributed by atoms with Gasteiger partial charge in [0.1, 0.15) is 0 Å². The Morgan fingerprint density at radius 3 is 1.00 bits per heavy atom. The van der Waals surface area contributed by atoms with Gasteiger partial charge in [-0.25, -0.2) is 0 Å². The van der Waals surface area contributed by atoms with Gasteiger partial charge in [-0.1, -0.05) is 72.9 Å². The Labute approximate surface area is 110 Å². The van der Waals surface area contributed by atoms with Crippen molar-refractivity contribution in [2.45, 2.75) is 12.8 Å². The molecule has 0 bridgehead atoms. The second-order valence-corrected chi connectivity index (χ2v) is 5.26. The second-order valence-electron chi connectivity index (χ2n) is 5.26. The van der Waals surface area contributed by atoms with Crippen molar-refractivity contribution >= 4 is 0 Å². The van der Waals surface area contributed by atoms with Crippen molar-refractivity contribution in [3.8, 4) is 0 Å². The molecule has 0 spiro atoms. The third-order valence-electron chi connectivity index (χ3n) is 3.98. The molecule has 0 radical (unpaired) electrons. The Morgan fingerprint density at radius 2 is 0.667 bits per heavy atom. The first-order chi connectivity index (χ1) is 8.93. The maximum absolute atomic E-state index is 2.38. The molecule has 0 aromatic heterocycles. The van der Waals surface area contributed by atoms with Crippen molar-refractivity contribution in [3.63, 3.8) is 0 Å². The van der Waals surface area contributed by atoms with E-state index in [1.165, 1.54) is 0 Å². The topological polar surface area (TPSA) is 0 Å². The summed E-state index contributed by atoms with van der Waals surface area (Å²) in [5.41, 5.74) is 0. The Morgan fingerprint density at radius 1 is 0.389 bits per heavy atom. The molecule has 0 N–H and O–H groups in total. The summed E-state index contributed by atoms with van der Waals surface area (Å²) in [6.45, 7) is 0. The molecule has 3 rings (SSSR count). The van der Waals surface area contributed by atoms with Gasteiger partial charge in [-0.3, -0.25) is 0 Å². The van der Waals surface area contributed by atoms with Gasteiger partial charge in [-0.2, -0.15) is 0 Å². The van der Waals surface area contributed by atoms with Crippen LogP contribution in [0.3, 0.4) is 0 Å². The highest BCUT2D eigenvalue weighted by Gasteiger charge is 2.19. The van der Waals surface area contributed by atoms with Crippen LogP contribution in [0.15, 0.2) is 72.9 Å². The molecule has 0 unspecified atom stereocenters. The van der Waals surface area contributed by atoms with E-state index in [4.69, 9.17) is 0 Å². The molecule has 0 saturated carbocycles. The van der Waals surface area contributed by atoms with Crippen LogP contribution in [-0.2, 0) is 0 Å². The Hall–Kier alpha value is -1.56. The predicted octanol–water partition coefficient (Wildman–Crippen LogP) is 4.61. The third-order valence-corrected chi connectivity index (χ3v) is 3.98. The van der Waals surface area contributed by atoms with Crippen LogP contribution >= 0.6 is 0 Å². The van der Waals surface area contributed by atoms with Crippen molar-refractivity contribution < 1.29 is 0 Å². The summed E-state index contributed by atoms with van der Waals surface area (Å²) in [7, 11) is 0. The van der Waals surface area contributed by atoms with E-state index in [0.29, 0.717) is 23.7 Å². The van der Waals surface area contributed by atoms with Gasteiger partial charge in [0.25, 0.3) is 0 Å². The second kappa shape index (κ2) is 5.39. The van der Waals surface area contributed by atoms with Gasteiger partial charge in [-0.05, 0) is 12.8 Å². The lowest BCUT2D eigenvalue weighted by Crippen LogP contribution is -2.14. The Bertz CT molecular complexity index is 376. The molecule has 0 aromatic rings. The molecule has 0 amide bonds. The lowest BCUT2D eigenvalue weighted by Gasteiger charge is -2.25. The quantitative estimate of drug-likeness (QED) is 0.614. The van der Waals surface area contributed by atoms with Gasteiger partial charge in [-0.15, -0.1) is 0 Å². The Kier molecular flexibility index (Phi) is 3.45. The SMILES string of the molecule is C1=CC(C2C=CC(C3C=CCC=C3)C=C2)C=CC1. The van der Waals surface area contributed by atoms with E-state index in [9.17, 15) is 0 Å². The lowest BCUT2D eigenvalue weighted by atomic mass is 9.80. The van der Waals surface area contributed by atoms with Crippen molar-refractivity contribution in [2.75, 3.05) is 0 Å². The molecular formula is C18H20. The average Bonchev–Trinajstić information content (AvgIpc) is 2.49. The minimum absolute atomic E-state index is 0.547. The van der Waals surface area contributed by atoms with Gasteiger partial charge in [0, 0.05) is 23.7 Å². The summed E-state index contributed by atoms with van der Waals surface area (Å²) >= 11 is 0. The smallest absolute Gasteiger partial charge is 0.00445 e. The molecular weight excluding hydrogens is 216 g/mol. The summed E-state index contributed by atoms with van der Waals surface area (Å²) in [5.74, 6) is 2.21. The van der Waals surface area contributed by atoms with E-state index in [0.717, 1.165) is 12.8 Å². The molecule has 0 saturated heterocycles. The zero-order chi connectivity index (χ0) is 12.2. The van der Waals surface area contributed by atoms with Crippen molar-refractivity contribution in [3.05, 3.63) is 72.9 Å². The first kappa shape index (κ1) is 11.5. The summed E-state index contributed by atoms with van der Waals surface area (Å²) in [4.78, 5) is 0. The van der Waals surface area contributed by atoms with Gasteiger partial charge in [0.05, 0.1) is 0 Å². The first-order valence-corrected chi connectivity index (χ1v) is 6.97. The van der Waals surface area contributed by atoms with Gasteiger partial charge in [0.2, 0.25) is 0 Å². The lowest BCUT2D eigenvalue weighted by molar-refractivity contribution is 0.600. The predicted molar refractivity (Wildman–Crippen MR) is 78.0 cm³/mol. The van der Waals surface area contributed by atoms with Crippen molar-refractivity contribution in [1.29, 1.82) is 0 Å². The van der Waals surface area contributed by atoms with Gasteiger partial charge >= 0.3 is 0 Å². The monoisotopic (exact) mass is 236 g/mol. The summed E-state index contributed by atoms with van der Waals surface area (Å²) in [5, 5.41) is 0. The van der Waals surface area contributed by atoms with Crippen LogP contribution in [0, 0.1) is 23.7 Å². The molecule has 0 atom stereocenters. The maximum Gasteiger partial charge on any atom is 0.00445 e. The number of hydrogen-bond donors (Lipinski definition) is 0. The van der Waals surface area contributed by atoms with E-state index in [-0.39, 0.29) is 0 Å². The fourth-order valence-electron chi connectivity index (χ4n) is 2.90. The van der Waals surface area contributed by atoms with Crippen LogP contribution in [0.25, 0.3) is 0 Å². The Balaban J connectivity index is 1.66. The third kappa shape index (κ3) is 2.48. The molecule has 3 aliphatic rings. The van der Waals surface area contributed by atoms with Gasteiger partial charge in [0.15, 0.2) is 0 Å². The van der Waals surface area contributed by atoms with Crippen molar-refractivity contribution in [2.24, 2.45) is 23.7 Å². The molecule has 0 aromatic carbocycles. The standard InChI is InChI=1S/C18H20/c1-3-7-15(8-4-1)17-11-13-18(14-12-17)16-9-5-2-6-10-16/h3-18H,1-2H2. The van der Waals surface area contributed by atoms with Crippen LogP contribution in [0.4, 0.5) is 0 Å². The highest BCUT2D eigenvalue weighted by molar-refractivity contribution is 5.25. The van der Waals surface area contributed by atoms with Crippen LogP contribution in [0.1, 0.15) is 12.8 Å². The van der Waals surface area contributed by atoms with E-state index in [2.05, 4.69) is 72.9 Å². The summed E-state index contributed by atoms with van der Waals surface area (Å²) < 4.78 is 0. The largest absolute Gasteiger partial charge is 0.0841 e. The number of rotatable bonds is 2. The normalized spacial score (nSPS) is 31.3. The average molecular weight is 236 g/mol. The van der Waals surface area contributed by atoms with E-state index in [1.807, 2.05) is 0 Å². The van der Waals surface area contributed by atoms with Gasteiger partial charge < -0.3 is 0 Å². The highest BCUT2D eigenvalue weighted by Crippen LogP contribution is 2.30. The first-order valence-electron chi connectivity index (χ1n) is 6.97. The molecule has 0 aliphatic heterocycles. The van der Waals surface area contributed by atoms with E-state index in [1.54, 1.807) is 0 Å². The fourth-order valence-corrected chi connectivity index (χ4v) is 2.90. The maximum atomic E-state index is 2.38. The minimum atomic E-state index is 0.547. The van der Waals surface area contributed by atoms with Crippen LogP contribution < -0.4 is 0 Å². The molecule has 0 heterocycles. The number of allylic oxidation sites excluding steroid dienone is 12. The molecule has 0 nitrogen and oxygen atoms in total. The molecule has 18 heavy (non-hydrogen) atoms.